The second-order valence-corrected chi connectivity index (χ2v) is 4.43. The van der Waals surface area contributed by atoms with Crippen molar-refractivity contribution in [3.63, 3.8) is 0 Å². The quantitative estimate of drug-likeness (QED) is 0.608. The average Bonchev–Trinajstić information content (AvgIpc) is 2.54. The van der Waals surface area contributed by atoms with Crippen molar-refractivity contribution in [2.45, 2.75) is 0 Å². The molecule has 3 rings (SSSR count). The third-order valence-electron chi connectivity index (χ3n) is 2.39. The van der Waals surface area contributed by atoms with Gasteiger partial charge in [0.1, 0.15) is 0 Å². The lowest BCUT2D eigenvalue weighted by Crippen LogP contribution is -1.71. The van der Waals surface area contributed by atoms with Crippen LogP contribution in [-0.4, -0.2) is 4.98 Å². The summed E-state index contributed by atoms with van der Waals surface area (Å²) in [6.45, 7) is 0. The maximum absolute atomic E-state index is 3.36. The second-order valence-electron chi connectivity index (χ2n) is 3.27. The van der Waals surface area contributed by atoms with E-state index in [0.717, 1.165) is 9.09 Å². The lowest BCUT2D eigenvalue weighted by Gasteiger charge is -1.90. The molecule has 0 saturated heterocycles. The van der Waals surface area contributed by atoms with E-state index in [2.05, 4.69) is 64.0 Å². The van der Waals surface area contributed by atoms with Crippen LogP contribution in [0.4, 0.5) is 0 Å². The molecule has 0 aliphatic heterocycles. The molecule has 0 spiro atoms. The van der Waals surface area contributed by atoms with E-state index in [1.165, 1.54) is 16.3 Å². The molecule has 0 unspecified atom stereocenters. The number of halogens is 1. The van der Waals surface area contributed by atoms with Crippen LogP contribution in [0, 0.1) is 9.64 Å². The third kappa shape index (κ3) is 1.14. The van der Waals surface area contributed by atoms with Gasteiger partial charge in [-0.15, -0.1) is 0 Å². The van der Waals surface area contributed by atoms with E-state index >= 15 is 0 Å². The molecule has 14 heavy (non-hydrogen) atoms. The molecule has 0 fully saturated rings. The van der Waals surface area contributed by atoms with Crippen LogP contribution in [0.1, 0.15) is 0 Å². The zero-order chi connectivity index (χ0) is 9.54. The minimum Gasteiger partial charge on any atom is -0.354 e. The Kier molecular flexibility index (Phi) is 1.77. The largest absolute Gasteiger partial charge is 0.354 e. The summed E-state index contributed by atoms with van der Waals surface area (Å²) in [7, 11) is 0. The first kappa shape index (κ1) is 8.29. The SMILES string of the molecule is Ic1[c]c2[nH]c3ccccc3c2cc1. The van der Waals surface area contributed by atoms with E-state index < -0.39 is 0 Å². The van der Waals surface area contributed by atoms with Gasteiger partial charge >= 0.3 is 0 Å². The van der Waals surface area contributed by atoms with Gasteiger partial charge in [0, 0.05) is 25.9 Å². The predicted octanol–water partition coefficient (Wildman–Crippen LogP) is 3.73. The Morgan fingerprint density at radius 1 is 1.00 bits per heavy atom. The van der Waals surface area contributed by atoms with Crippen LogP contribution < -0.4 is 0 Å². The standard InChI is InChI=1S/C12H7IN/c13-8-5-6-10-9-3-1-2-4-11(9)14-12(10)7-8/h1-6,14H. The molecule has 0 bridgehead atoms. The number of fused-ring (bicyclic) bond motifs is 3. The molecule has 1 nitrogen and oxygen atoms in total. The van der Waals surface area contributed by atoms with Crippen molar-refractivity contribution >= 4 is 44.4 Å². The highest BCUT2D eigenvalue weighted by atomic mass is 127. The van der Waals surface area contributed by atoms with Crippen LogP contribution in [-0.2, 0) is 0 Å². The molecule has 0 aliphatic carbocycles. The number of H-pyrrole nitrogens is 1. The van der Waals surface area contributed by atoms with Crippen molar-refractivity contribution < 1.29 is 0 Å². The molecule has 0 saturated carbocycles. The summed E-state index contributed by atoms with van der Waals surface area (Å²) in [6, 6.07) is 15.9. The summed E-state index contributed by atoms with van der Waals surface area (Å²) in [5.41, 5.74) is 2.28. The van der Waals surface area contributed by atoms with Crippen molar-refractivity contribution in [3.05, 3.63) is 46.0 Å². The monoisotopic (exact) mass is 292 g/mol. The molecular formula is C12H7IN. The van der Waals surface area contributed by atoms with Gasteiger partial charge in [0.05, 0.1) is 5.52 Å². The number of para-hydroxylation sites is 1. The van der Waals surface area contributed by atoms with Crippen LogP contribution in [0.25, 0.3) is 21.8 Å². The molecule has 3 aromatic rings. The fourth-order valence-electron chi connectivity index (χ4n) is 1.75. The summed E-state index contributed by atoms with van der Waals surface area (Å²) < 4.78 is 1.14. The Labute approximate surface area is 95.3 Å². The first-order chi connectivity index (χ1) is 6.84. The molecule has 0 amide bonds. The molecule has 2 heteroatoms. The van der Waals surface area contributed by atoms with Crippen LogP contribution in [0.2, 0.25) is 0 Å². The van der Waals surface area contributed by atoms with Gasteiger partial charge < -0.3 is 4.98 Å². The Hall–Kier alpha value is -1.03. The summed E-state index contributed by atoms with van der Waals surface area (Å²) in [4.78, 5) is 3.36. The smallest absolute Gasteiger partial charge is 0.0556 e. The number of aromatic amines is 1. The maximum atomic E-state index is 3.36. The Morgan fingerprint density at radius 2 is 1.86 bits per heavy atom. The van der Waals surface area contributed by atoms with Gasteiger partial charge in [-0.3, -0.25) is 0 Å². The van der Waals surface area contributed by atoms with Crippen molar-refractivity contribution in [2.75, 3.05) is 0 Å². The van der Waals surface area contributed by atoms with Crippen molar-refractivity contribution in [1.82, 2.24) is 4.98 Å². The summed E-state index contributed by atoms with van der Waals surface area (Å²) in [6.07, 6.45) is 0. The van der Waals surface area contributed by atoms with Crippen LogP contribution >= 0.6 is 22.6 Å². The Balaban J connectivity index is 2.57. The molecule has 0 atom stereocenters. The summed E-state index contributed by atoms with van der Waals surface area (Å²) in [5, 5.41) is 2.52. The topological polar surface area (TPSA) is 15.8 Å². The third-order valence-corrected chi connectivity index (χ3v) is 3.02. The maximum Gasteiger partial charge on any atom is 0.0556 e. The van der Waals surface area contributed by atoms with E-state index in [9.17, 15) is 0 Å². The average molecular weight is 292 g/mol. The number of nitrogens with one attached hydrogen (secondary N) is 1. The minimum atomic E-state index is 1.10. The van der Waals surface area contributed by atoms with E-state index in [4.69, 9.17) is 0 Å². The Bertz CT molecular complexity index is 610. The first-order valence-corrected chi connectivity index (χ1v) is 5.51. The minimum absolute atomic E-state index is 1.10. The molecule has 2 aromatic carbocycles. The fourth-order valence-corrected chi connectivity index (χ4v) is 2.20. The van der Waals surface area contributed by atoms with Crippen LogP contribution in [0.3, 0.4) is 0 Å². The zero-order valence-electron chi connectivity index (χ0n) is 7.34. The summed E-state index contributed by atoms with van der Waals surface area (Å²) >= 11 is 2.28. The molecule has 1 aromatic heterocycles. The number of hydrogen-bond donors (Lipinski definition) is 1. The van der Waals surface area contributed by atoms with Gasteiger partial charge in [0.25, 0.3) is 0 Å². The highest BCUT2D eigenvalue weighted by molar-refractivity contribution is 14.1. The number of rotatable bonds is 0. The predicted molar refractivity (Wildman–Crippen MR) is 67.4 cm³/mol. The molecule has 67 valence electrons. The van der Waals surface area contributed by atoms with Gasteiger partial charge in [-0.25, -0.2) is 0 Å². The first-order valence-electron chi connectivity index (χ1n) is 4.43. The lowest BCUT2D eigenvalue weighted by atomic mass is 10.2. The lowest BCUT2D eigenvalue weighted by molar-refractivity contribution is 1.53. The molecule has 1 heterocycles. The number of benzene rings is 2. The fraction of sp³-hybridized carbons (Fsp3) is 0. The highest BCUT2D eigenvalue weighted by Crippen LogP contribution is 2.25. The van der Waals surface area contributed by atoms with Crippen molar-refractivity contribution in [3.8, 4) is 0 Å². The van der Waals surface area contributed by atoms with Crippen LogP contribution in [0.5, 0.6) is 0 Å². The van der Waals surface area contributed by atoms with Crippen molar-refractivity contribution in [2.24, 2.45) is 0 Å². The number of hydrogen-bond acceptors (Lipinski definition) is 0. The van der Waals surface area contributed by atoms with Gasteiger partial charge in [0.15, 0.2) is 0 Å². The molecule has 1 N–H and O–H groups in total. The molecular weight excluding hydrogens is 285 g/mol. The summed E-state index contributed by atoms with van der Waals surface area (Å²) in [5.74, 6) is 0. The van der Waals surface area contributed by atoms with E-state index in [-0.39, 0.29) is 0 Å². The number of aromatic nitrogens is 1. The second kappa shape index (κ2) is 2.98. The van der Waals surface area contributed by atoms with Gasteiger partial charge in [-0.05, 0) is 34.7 Å². The zero-order valence-corrected chi connectivity index (χ0v) is 9.50. The molecule has 0 aliphatic rings. The Morgan fingerprint density at radius 3 is 2.79 bits per heavy atom. The van der Waals surface area contributed by atoms with Gasteiger partial charge in [0.2, 0.25) is 0 Å². The van der Waals surface area contributed by atoms with E-state index in [1.807, 2.05) is 6.07 Å². The van der Waals surface area contributed by atoms with Crippen molar-refractivity contribution in [1.29, 1.82) is 0 Å². The molecule has 1 radical (unpaired) electrons. The normalized spacial score (nSPS) is 11.2. The highest BCUT2D eigenvalue weighted by Gasteiger charge is 2.02. The van der Waals surface area contributed by atoms with E-state index in [1.54, 1.807) is 0 Å². The van der Waals surface area contributed by atoms with Crippen LogP contribution in [0.15, 0.2) is 36.4 Å². The van der Waals surface area contributed by atoms with Gasteiger partial charge in [-0.2, -0.15) is 0 Å². The van der Waals surface area contributed by atoms with Gasteiger partial charge in [-0.1, -0.05) is 24.3 Å². The van der Waals surface area contributed by atoms with E-state index in [0.29, 0.717) is 0 Å².